The minimum atomic E-state index is 0.246. The molecule has 1 atom stereocenters. The standard InChI is InChI=1S/C12H17N3O/c1-4-16-10-7-5-6-9-8(2)14-12(13-3)15-11(9)10/h5-8H,4H2,1-3H3,(H2,13,14,15). The summed E-state index contributed by atoms with van der Waals surface area (Å²) in [6.07, 6.45) is 0. The van der Waals surface area contributed by atoms with Crippen LogP contribution in [-0.4, -0.2) is 19.6 Å². The third-order valence-electron chi connectivity index (χ3n) is 2.61. The molecule has 1 unspecified atom stereocenters. The lowest BCUT2D eigenvalue weighted by Crippen LogP contribution is -2.38. The SMILES string of the molecule is CCOc1cccc2c1N=C(NC)NC2C. The zero-order chi connectivity index (χ0) is 11.5. The lowest BCUT2D eigenvalue weighted by atomic mass is 10.0. The Kier molecular flexibility index (Phi) is 2.99. The van der Waals surface area contributed by atoms with E-state index < -0.39 is 0 Å². The van der Waals surface area contributed by atoms with Crippen LogP contribution in [0, 0.1) is 0 Å². The highest BCUT2D eigenvalue weighted by molar-refractivity contribution is 5.86. The fraction of sp³-hybridized carbons (Fsp3) is 0.417. The Balaban J connectivity index is 2.48. The quantitative estimate of drug-likeness (QED) is 0.799. The van der Waals surface area contributed by atoms with Crippen molar-refractivity contribution in [3.05, 3.63) is 23.8 Å². The summed E-state index contributed by atoms with van der Waals surface area (Å²) in [7, 11) is 1.85. The van der Waals surface area contributed by atoms with E-state index in [1.54, 1.807) is 0 Å². The second-order valence-corrected chi connectivity index (χ2v) is 3.70. The van der Waals surface area contributed by atoms with Crippen LogP contribution in [0.15, 0.2) is 23.2 Å². The molecule has 0 bridgehead atoms. The van der Waals surface area contributed by atoms with Crippen molar-refractivity contribution in [3.8, 4) is 5.75 Å². The Hall–Kier alpha value is -1.71. The molecule has 0 aromatic heterocycles. The fourth-order valence-corrected chi connectivity index (χ4v) is 1.84. The number of nitrogens with zero attached hydrogens (tertiary/aromatic N) is 1. The van der Waals surface area contributed by atoms with Crippen molar-refractivity contribution >= 4 is 11.6 Å². The molecule has 2 N–H and O–H groups in total. The molecule has 4 heteroatoms. The van der Waals surface area contributed by atoms with Crippen molar-refractivity contribution in [2.75, 3.05) is 13.7 Å². The van der Waals surface area contributed by atoms with E-state index in [4.69, 9.17) is 4.74 Å². The number of para-hydroxylation sites is 1. The van der Waals surface area contributed by atoms with Crippen LogP contribution in [-0.2, 0) is 0 Å². The van der Waals surface area contributed by atoms with Crippen molar-refractivity contribution in [1.29, 1.82) is 0 Å². The first kappa shape index (κ1) is 10.8. The van der Waals surface area contributed by atoms with Crippen molar-refractivity contribution in [2.24, 2.45) is 4.99 Å². The Morgan fingerprint density at radius 1 is 1.50 bits per heavy atom. The molecule has 1 heterocycles. The lowest BCUT2D eigenvalue weighted by molar-refractivity contribution is 0.340. The molecule has 1 aromatic carbocycles. The first-order chi connectivity index (χ1) is 7.76. The van der Waals surface area contributed by atoms with Crippen LogP contribution in [0.25, 0.3) is 0 Å². The number of hydrogen-bond acceptors (Lipinski definition) is 4. The topological polar surface area (TPSA) is 45.6 Å². The van der Waals surface area contributed by atoms with E-state index in [-0.39, 0.29) is 6.04 Å². The molecule has 0 spiro atoms. The first-order valence-electron chi connectivity index (χ1n) is 5.55. The van der Waals surface area contributed by atoms with Crippen LogP contribution in [0.4, 0.5) is 5.69 Å². The number of hydrogen-bond donors (Lipinski definition) is 2. The summed E-state index contributed by atoms with van der Waals surface area (Å²) >= 11 is 0. The van der Waals surface area contributed by atoms with Crippen molar-refractivity contribution < 1.29 is 4.74 Å². The normalized spacial score (nSPS) is 18.2. The van der Waals surface area contributed by atoms with Crippen LogP contribution < -0.4 is 15.4 Å². The number of nitrogens with one attached hydrogen (secondary N) is 2. The van der Waals surface area contributed by atoms with Gasteiger partial charge in [-0.2, -0.15) is 0 Å². The van der Waals surface area contributed by atoms with Crippen LogP contribution in [0.1, 0.15) is 25.5 Å². The molecule has 0 radical (unpaired) electrons. The maximum Gasteiger partial charge on any atom is 0.196 e. The predicted molar refractivity (Wildman–Crippen MR) is 65.3 cm³/mol. The smallest absolute Gasteiger partial charge is 0.196 e. The van der Waals surface area contributed by atoms with E-state index in [2.05, 4.69) is 28.6 Å². The highest BCUT2D eigenvalue weighted by Gasteiger charge is 2.20. The van der Waals surface area contributed by atoms with E-state index in [1.807, 2.05) is 26.1 Å². The third-order valence-corrected chi connectivity index (χ3v) is 2.61. The molecule has 1 aliphatic rings. The number of guanidine groups is 1. The summed E-state index contributed by atoms with van der Waals surface area (Å²) in [5.74, 6) is 1.63. The maximum absolute atomic E-state index is 5.58. The van der Waals surface area contributed by atoms with Gasteiger partial charge in [0, 0.05) is 12.6 Å². The summed E-state index contributed by atoms with van der Waals surface area (Å²) in [5.41, 5.74) is 2.10. The van der Waals surface area contributed by atoms with Gasteiger partial charge >= 0.3 is 0 Å². The monoisotopic (exact) mass is 219 g/mol. The van der Waals surface area contributed by atoms with Crippen molar-refractivity contribution in [1.82, 2.24) is 10.6 Å². The summed E-state index contributed by atoms with van der Waals surface area (Å²) in [6.45, 7) is 4.75. The second kappa shape index (κ2) is 4.43. The molecule has 4 nitrogen and oxygen atoms in total. The molecule has 1 aliphatic heterocycles. The van der Waals surface area contributed by atoms with E-state index >= 15 is 0 Å². The molecule has 1 aromatic rings. The molecular weight excluding hydrogens is 202 g/mol. The molecule has 0 amide bonds. The van der Waals surface area contributed by atoms with Gasteiger partial charge in [-0.15, -0.1) is 0 Å². The van der Waals surface area contributed by atoms with Gasteiger partial charge in [-0.1, -0.05) is 12.1 Å². The largest absolute Gasteiger partial charge is 0.492 e. The molecule has 0 aliphatic carbocycles. The van der Waals surface area contributed by atoms with Gasteiger partial charge in [0.1, 0.15) is 11.4 Å². The average Bonchev–Trinajstić information content (AvgIpc) is 2.30. The molecule has 0 saturated heterocycles. The minimum absolute atomic E-state index is 0.246. The van der Waals surface area contributed by atoms with Gasteiger partial charge in [0.05, 0.1) is 12.6 Å². The first-order valence-corrected chi connectivity index (χ1v) is 5.55. The number of fused-ring (bicyclic) bond motifs is 1. The van der Waals surface area contributed by atoms with Crippen LogP contribution in [0.5, 0.6) is 5.75 Å². The van der Waals surface area contributed by atoms with Gasteiger partial charge in [-0.05, 0) is 19.9 Å². The fourth-order valence-electron chi connectivity index (χ4n) is 1.84. The number of benzene rings is 1. The molecule has 0 saturated carbocycles. The Bertz CT molecular complexity index is 415. The molecular formula is C12H17N3O. The summed E-state index contributed by atoms with van der Waals surface area (Å²) in [5, 5.41) is 6.30. The third kappa shape index (κ3) is 1.83. The van der Waals surface area contributed by atoms with Crippen LogP contribution >= 0.6 is 0 Å². The zero-order valence-corrected chi connectivity index (χ0v) is 9.87. The van der Waals surface area contributed by atoms with Gasteiger partial charge in [-0.25, -0.2) is 4.99 Å². The predicted octanol–water partition coefficient (Wildman–Crippen LogP) is 1.96. The number of ether oxygens (including phenoxy) is 1. The van der Waals surface area contributed by atoms with E-state index in [0.717, 1.165) is 17.4 Å². The van der Waals surface area contributed by atoms with Gasteiger partial charge < -0.3 is 15.4 Å². The van der Waals surface area contributed by atoms with Crippen LogP contribution in [0.2, 0.25) is 0 Å². The summed E-state index contributed by atoms with van der Waals surface area (Å²) in [6, 6.07) is 6.28. The minimum Gasteiger partial charge on any atom is -0.492 e. The molecule has 16 heavy (non-hydrogen) atoms. The summed E-state index contributed by atoms with van der Waals surface area (Å²) in [4.78, 5) is 4.50. The van der Waals surface area contributed by atoms with E-state index in [1.165, 1.54) is 5.56 Å². The molecule has 2 rings (SSSR count). The molecule has 0 fully saturated rings. The second-order valence-electron chi connectivity index (χ2n) is 3.70. The maximum atomic E-state index is 5.58. The number of aliphatic imine (C=N–C) groups is 1. The Labute approximate surface area is 95.7 Å². The highest BCUT2D eigenvalue weighted by atomic mass is 16.5. The van der Waals surface area contributed by atoms with E-state index in [0.29, 0.717) is 6.61 Å². The van der Waals surface area contributed by atoms with Crippen molar-refractivity contribution in [2.45, 2.75) is 19.9 Å². The lowest BCUT2D eigenvalue weighted by Gasteiger charge is -2.25. The van der Waals surface area contributed by atoms with Gasteiger partial charge in [0.25, 0.3) is 0 Å². The zero-order valence-electron chi connectivity index (χ0n) is 9.87. The average molecular weight is 219 g/mol. The summed E-state index contributed by atoms with van der Waals surface area (Å²) < 4.78 is 5.58. The van der Waals surface area contributed by atoms with Gasteiger partial charge in [0.2, 0.25) is 0 Å². The van der Waals surface area contributed by atoms with Crippen molar-refractivity contribution in [3.63, 3.8) is 0 Å². The number of rotatable bonds is 2. The molecule has 86 valence electrons. The van der Waals surface area contributed by atoms with Gasteiger partial charge in [-0.3, -0.25) is 0 Å². The van der Waals surface area contributed by atoms with Crippen LogP contribution in [0.3, 0.4) is 0 Å². The van der Waals surface area contributed by atoms with Gasteiger partial charge in [0.15, 0.2) is 5.96 Å². The highest BCUT2D eigenvalue weighted by Crippen LogP contribution is 2.37. The van der Waals surface area contributed by atoms with E-state index in [9.17, 15) is 0 Å². The Morgan fingerprint density at radius 3 is 3.00 bits per heavy atom. The Morgan fingerprint density at radius 2 is 2.31 bits per heavy atom.